The van der Waals surface area contributed by atoms with Crippen LogP contribution < -0.4 is 9.47 Å². The van der Waals surface area contributed by atoms with Gasteiger partial charge in [0.25, 0.3) is 5.69 Å². The molecule has 1 amide bonds. The number of hydrogen-bond donors (Lipinski definition) is 0. The van der Waals surface area contributed by atoms with Crippen molar-refractivity contribution in [1.82, 2.24) is 4.90 Å². The molecule has 1 aromatic rings. The zero-order chi connectivity index (χ0) is 18.7. The fraction of sp³-hybridized carbons (Fsp3) is 0.375. The molecule has 1 aromatic carbocycles. The topological polar surface area (TPSA) is 108 Å². The number of ether oxygens (including phenoxy) is 3. The minimum Gasteiger partial charge on any atom is -0.468 e. The summed E-state index contributed by atoms with van der Waals surface area (Å²) in [6, 6.07) is 2.74. The van der Waals surface area contributed by atoms with Crippen LogP contribution in [0.4, 0.5) is 5.69 Å². The number of thioether (sulfide) groups is 1. The number of carbonyl (C=O) groups excluding carboxylic acids is 2. The van der Waals surface area contributed by atoms with Crippen molar-refractivity contribution >= 4 is 35.4 Å². The average Bonchev–Trinajstić information content (AvgIpc) is 3.12. The lowest BCUT2D eigenvalue weighted by molar-refractivity contribution is -0.385. The molecule has 2 aliphatic rings. The lowest BCUT2D eigenvalue weighted by atomic mass is 10.1. The Morgan fingerprint density at radius 1 is 1.38 bits per heavy atom. The number of methoxy groups -OCH3 is 1. The molecule has 0 N–H and O–H groups in total. The second-order valence-corrected chi connectivity index (χ2v) is 6.83. The number of hydrogen-bond acceptors (Lipinski definition) is 8. The molecule has 0 spiro atoms. The van der Waals surface area contributed by atoms with Gasteiger partial charge >= 0.3 is 5.97 Å². The molecule has 1 atom stereocenters. The molecule has 0 aromatic heterocycles. The summed E-state index contributed by atoms with van der Waals surface area (Å²) >= 11 is 1.44. The summed E-state index contributed by atoms with van der Waals surface area (Å²) < 4.78 is 15.1. The van der Waals surface area contributed by atoms with E-state index in [-0.39, 0.29) is 36.5 Å². The fourth-order valence-electron chi connectivity index (χ4n) is 2.63. The normalized spacial score (nSPS) is 18.8. The molecule has 1 saturated heterocycles. The smallest absolute Gasteiger partial charge is 0.320 e. The van der Waals surface area contributed by atoms with Crippen molar-refractivity contribution in [3.8, 4) is 11.5 Å². The summed E-state index contributed by atoms with van der Waals surface area (Å²) in [6.45, 7) is 0.729. The number of fused-ring (bicyclic) bond motifs is 1. The van der Waals surface area contributed by atoms with Crippen LogP contribution in [0.25, 0.3) is 6.08 Å². The minimum atomic E-state index is -0.545. The molecule has 138 valence electrons. The zero-order valence-electron chi connectivity index (χ0n) is 13.9. The van der Waals surface area contributed by atoms with E-state index in [4.69, 9.17) is 14.2 Å². The lowest BCUT2D eigenvalue weighted by Crippen LogP contribution is -2.44. The first-order valence-electron chi connectivity index (χ1n) is 7.74. The second-order valence-electron chi connectivity index (χ2n) is 5.52. The molecule has 10 heteroatoms. The number of benzene rings is 1. The van der Waals surface area contributed by atoms with Crippen LogP contribution in [0.5, 0.6) is 11.5 Å². The number of amides is 1. The third-order valence-corrected chi connectivity index (χ3v) is 5.13. The van der Waals surface area contributed by atoms with Crippen molar-refractivity contribution in [2.75, 3.05) is 32.7 Å². The first-order valence-corrected chi connectivity index (χ1v) is 8.79. The van der Waals surface area contributed by atoms with E-state index >= 15 is 0 Å². The summed E-state index contributed by atoms with van der Waals surface area (Å²) in [6.07, 6.45) is 2.63. The Labute approximate surface area is 153 Å². The fourth-order valence-corrected chi connectivity index (χ4v) is 3.76. The van der Waals surface area contributed by atoms with Gasteiger partial charge in [0.1, 0.15) is 5.25 Å². The van der Waals surface area contributed by atoms with Crippen LogP contribution in [0, 0.1) is 10.1 Å². The number of nitro groups is 1. The largest absolute Gasteiger partial charge is 0.468 e. The van der Waals surface area contributed by atoms with Crippen molar-refractivity contribution in [3.05, 3.63) is 33.9 Å². The van der Waals surface area contributed by atoms with Gasteiger partial charge < -0.3 is 19.1 Å². The summed E-state index contributed by atoms with van der Waals surface area (Å²) in [5.41, 5.74) is 0.0587. The van der Waals surface area contributed by atoms with Gasteiger partial charge in [-0.15, -0.1) is 11.8 Å². The van der Waals surface area contributed by atoms with Crippen LogP contribution in [0.3, 0.4) is 0 Å². The van der Waals surface area contributed by atoms with Gasteiger partial charge in [0.2, 0.25) is 12.7 Å². The molecule has 3 rings (SSSR count). The van der Waals surface area contributed by atoms with Gasteiger partial charge in [-0.25, -0.2) is 0 Å². The second kappa shape index (κ2) is 7.65. The summed E-state index contributed by atoms with van der Waals surface area (Å²) in [7, 11) is 1.31. The molecule has 1 fully saturated rings. The average molecular weight is 380 g/mol. The zero-order valence-corrected chi connectivity index (χ0v) is 14.7. The quantitative estimate of drug-likeness (QED) is 0.334. The summed E-state index contributed by atoms with van der Waals surface area (Å²) in [5, 5.41) is 10.8. The van der Waals surface area contributed by atoms with Crippen LogP contribution in [0.15, 0.2) is 18.2 Å². The molecular weight excluding hydrogens is 364 g/mol. The van der Waals surface area contributed by atoms with Crippen molar-refractivity contribution in [1.29, 1.82) is 0 Å². The molecule has 2 heterocycles. The number of rotatable bonds is 4. The molecule has 26 heavy (non-hydrogen) atoms. The van der Waals surface area contributed by atoms with Crippen LogP contribution in [-0.4, -0.2) is 59.7 Å². The predicted molar refractivity (Wildman–Crippen MR) is 93.1 cm³/mol. The first-order chi connectivity index (χ1) is 12.5. The third kappa shape index (κ3) is 3.74. The van der Waals surface area contributed by atoms with E-state index in [9.17, 15) is 19.7 Å². The number of nitrogens with zero attached hydrogens (tertiary/aromatic N) is 2. The van der Waals surface area contributed by atoms with Gasteiger partial charge in [0.05, 0.1) is 23.7 Å². The van der Waals surface area contributed by atoms with E-state index in [1.54, 1.807) is 0 Å². The van der Waals surface area contributed by atoms with E-state index < -0.39 is 10.2 Å². The van der Waals surface area contributed by atoms with Gasteiger partial charge in [0, 0.05) is 24.9 Å². The van der Waals surface area contributed by atoms with Crippen LogP contribution >= 0.6 is 11.8 Å². The Balaban J connectivity index is 1.76. The van der Waals surface area contributed by atoms with E-state index in [0.29, 0.717) is 23.8 Å². The lowest BCUT2D eigenvalue weighted by Gasteiger charge is -2.30. The van der Waals surface area contributed by atoms with Gasteiger partial charge in [-0.1, -0.05) is 0 Å². The van der Waals surface area contributed by atoms with Crippen molar-refractivity contribution in [2.45, 2.75) is 5.25 Å². The van der Waals surface area contributed by atoms with Crippen molar-refractivity contribution in [3.63, 3.8) is 0 Å². The van der Waals surface area contributed by atoms with E-state index in [1.807, 2.05) is 0 Å². The SMILES string of the molecule is COC(=O)[C@H]1CN(C(=O)/C=C/c2cc3c(cc2[N+](=O)[O-])OCO3)CCS1. The monoisotopic (exact) mass is 380 g/mol. The number of nitro benzene ring substituents is 1. The van der Waals surface area contributed by atoms with E-state index in [0.717, 1.165) is 0 Å². The Hall–Kier alpha value is -2.75. The maximum Gasteiger partial charge on any atom is 0.320 e. The van der Waals surface area contributed by atoms with Gasteiger partial charge in [-0.05, 0) is 12.1 Å². The molecule has 0 aliphatic carbocycles. The molecular formula is C16H16N2O7S. The third-order valence-electron chi connectivity index (χ3n) is 3.97. The molecule has 0 saturated carbocycles. The molecule has 2 aliphatic heterocycles. The Morgan fingerprint density at radius 2 is 2.12 bits per heavy atom. The highest BCUT2D eigenvalue weighted by atomic mass is 32.2. The minimum absolute atomic E-state index is 0.00104. The molecule has 0 unspecified atom stereocenters. The van der Waals surface area contributed by atoms with Gasteiger partial charge in [-0.3, -0.25) is 19.7 Å². The number of esters is 1. The summed E-state index contributed by atoms with van der Waals surface area (Å²) in [4.78, 5) is 36.3. The molecule has 0 radical (unpaired) electrons. The Bertz CT molecular complexity index is 780. The van der Waals surface area contributed by atoms with E-state index in [2.05, 4.69) is 0 Å². The van der Waals surface area contributed by atoms with Gasteiger partial charge in [-0.2, -0.15) is 0 Å². The predicted octanol–water partition coefficient (Wildman–Crippen LogP) is 1.45. The first kappa shape index (κ1) is 18.1. The van der Waals surface area contributed by atoms with Crippen molar-refractivity contribution < 1.29 is 28.7 Å². The van der Waals surface area contributed by atoms with Crippen molar-refractivity contribution in [2.24, 2.45) is 0 Å². The standard InChI is InChI=1S/C16H16N2O7S/c1-23-16(20)14-8-17(4-5-26-14)15(19)3-2-10-6-12-13(25-9-24-12)7-11(10)18(21)22/h2-3,6-7,14H,4-5,8-9H2,1H3/b3-2+/t14-/m1/s1. The highest BCUT2D eigenvalue weighted by molar-refractivity contribution is 8.00. The Morgan fingerprint density at radius 3 is 2.81 bits per heavy atom. The van der Waals surface area contributed by atoms with Gasteiger partial charge in [0.15, 0.2) is 11.5 Å². The van der Waals surface area contributed by atoms with E-state index in [1.165, 1.54) is 48.1 Å². The number of carbonyl (C=O) groups is 2. The highest BCUT2D eigenvalue weighted by Crippen LogP contribution is 2.38. The maximum absolute atomic E-state index is 12.4. The highest BCUT2D eigenvalue weighted by Gasteiger charge is 2.29. The van der Waals surface area contributed by atoms with Crippen LogP contribution in [0.2, 0.25) is 0 Å². The summed E-state index contributed by atoms with van der Waals surface area (Å²) in [5.74, 6) is 0.606. The maximum atomic E-state index is 12.4. The molecule has 0 bridgehead atoms. The van der Waals surface area contributed by atoms with Crippen LogP contribution in [-0.2, 0) is 14.3 Å². The van der Waals surface area contributed by atoms with Crippen LogP contribution in [0.1, 0.15) is 5.56 Å². The molecule has 9 nitrogen and oxygen atoms in total. The Kier molecular flexibility index (Phi) is 5.31.